The molecule has 1 aliphatic heterocycles. The van der Waals surface area contributed by atoms with Crippen molar-refractivity contribution in [3.8, 4) is 5.75 Å². The molecule has 0 radical (unpaired) electrons. The molecule has 30 heavy (non-hydrogen) atoms. The minimum atomic E-state index is -0.262. The second-order valence-electron chi connectivity index (χ2n) is 7.25. The lowest BCUT2D eigenvalue weighted by Gasteiger charge is -2.23. The molecule has 0 spiro atoms. The van der Waals surface area contributed by atoms with E-state index in [1.165, 1.54) is 5.01 Å². The number of nitrogens with zero attached hydrogens (tertiary/aromatic N) is 3. The Kier molecular flexibility index (Phi) is 6.29. The van der Waals surface area contributed by atoms with Crippen molar-refractivity contribution in [3.63, 3.8) is 0 Å². The van der Waals surface area contributed by atoms with Crippen LogP contribution in [0.2, 0.25) is 0 Å². The number of benzene rings is 1. The first kappa shape index (κ1) is 20.0. The number of para-hydroxylation sites is 1. The first-order valence-electron chi connectivity index (χ1n) is 10.0. The molecule has 3 heterocycles. The summed E-state index contributed by atoms with van der Waals surface area (Å²) in [6.45, 7) is 1.60. The number of rotatable bonds is 9. The first-order valence-corrected chi connectivity index (χ1v) is 10.0. The zero-order valence-corrected chi connectivity index (χ0v) is 16.9. The quantitative estimate of drug-likeness (QED) is 0.502. The Hall–Kier alpha value is -3.32. The van der Waals surface area contributed by atoms with Crippen molar-refractivity contribution in [2.75, 3.05) is 26.7 Å². The fraction of sp³-hybridized carbons (Fsp3) is 0.304. The Morgan fingerprint density at radius 2 is 1.93 bits per heavy atom. The summed E-state index contributed by atoms with van der Waals surface area (Å²) < 4.78 is 16.7. The molecule has 1 unspecified atom stereocenters. The van der Waals surface area contributed by atoms with Crippen molar-refractivity contribution in [2.24, 2.45) is 5.10 Å². The molecular weight excluding hydrogens is 382 g/mol. The summed E-state index contributed by atoms with van der Waals surface area (Å²) in [5.41, 5.74) is 0.744. The van der Waals surface area contributed by atoms with Gasteiger partial charge >= 0.3 is 0 Å². The van der Waals surface area contributed by atoms with Crippen molar-refractivity contribution in [3.05, 3.63) is 78.6 Å². The molecule has 0 aliphatic carbocycles. The van der Waals surface area contributed by atoms with Gasteiger partial charge in [-0.3, -0.25) is 9.69 Å². The van der Waals surface area contributed by atoms with Crippen LogP contribution in [0, 0.1) is 0 Å². The molecule has 1 amide bonds. The highest BCUT2D eigenvalue weighted by atomic mass is 16.5. The van der Waals surface area contributed by atoms with E-state index in [-0.39, 0.29) is 18.5 Å². The van der Waals surface area contributed by atoms with Crippen LogP contribution in [0.15, 0.2) is 81.1 Å². The van der Waals surface area contributed by atoms with Crippen molar-refractivity contribution in [2.45, 2.75) is 18.9 Å². The predicted molar refractivity (Wildman–Crippen MR) is 112 cm³/mol. The van der Waals surface area contributed by atoms with Crippen LogP contribution in [-0.4, -0.2) is 48.3 Å². The van der Waals surface area contributed by atoms with Crippen LogP contribution in [0.1, 0.15) is 30.4 Å². The topological polar surface area (TPSA) is 71.4 Å². The van der Waals surface area contributed by atoms with Gasteiger partial charge in [0, 0.05) is 13.0 Å². The van der Waals surface area contributed by atoms with E-state index in [4.69, 9.17) is 13.6 Å². The standard InChI is InChI=1S/C23H25N3O4/c1-25(12-7-15-28-18-8-3-2-4-9-18)17-23(27)26-20(22-11-6-14-30-22)16-19(24-26)21-10-5-13-29-21/h2-6,8-11,13-14,20H,7,12,15-17H2,1H3. The smallest absolute Gasteiger partial charge is 0.257 e. The van der Waals surface area contributed by atoms with Gasteiger partial charge < -0.3 is 13.6 Å². The Labute approximate surface area is 175 Å². The van der Waals surface area contributed by atoms with Gasteiger partial charge in [-0.1, -0.05) is 18.2 Å². The van der Waals surface area contributed by atoms with Crippen LogP contribution in [0.3, 0.4) is 0 Å². The molecule has 3 aromatic rings. The van der Waals surface area contributed by atoms with Crippen molar-refractivity contribution in [1.29, 1.82) is 0 Å². The van der Waals surface area contributed by atoms with Gasteiger partial charge in [0.2, 0.25) is 0 Å². The molecule has 0 bridgehead atoms. The molecule has 1 atom stereocenters. The molecule has 0 saturated heterocycles. The van der Waals surface area contributed by atoms with Crippen LogP contribution in [0.25, 0.3) is 0 Å². The Balaban J connectivity index is 1.33. The minimum Gasteiger partial charge on any atom is -0.494 e. The van der Waals surface area contributed by atoms with E-state index >= 15 is 0 Å². The van der Waals surface area contributed by atoms with E-state index in [0.29, 0.717) is 24.5 Å². The average molecular weight is 407 g/mol. The summed E-state index contributed by atoms with van der Waals surface area (Å²) in [5.74, 6) is 2.17. The Bertz CT molecular complexity index is 952. The van der Waals surface area contributed by atoms with E-state index in [0.717, 1.165) is 24.4 Å². The summed E-state index contributed by atoms with van der Waals surface area (Å²) in [7, 11) is 1.93. The molecule has 7 heteroatoms. The maximum absolute atomic E-state index is 13.0. The number of hydrogen-bond acceptors (Lipinski definition) is 6. The molecule has 1 aliphatic rings. The van der Waals surface area contributed by atoms with Gasteiger partial charge in [0.15, 0.2) is 0 Å². The van der Waals surface area contributed by atoms with Gasteiger partial charge in [-0.05, 0) is 49.9 Å². The summed E-state index contributed by atoms with van der Waals surface area (Å²) >= 11 is 0. The van der Waals surface area contributed by atoms with Crippen LogP contribution in [0.4, 0.5) is 0 Å². The van der Waals surface area contributed by atoms with Crippen molar-refractivity contribution < 1.29 is 18.4 Å². The van der Waals surface area contributed by atoms with E-state index in [9.17, 15) is 4.79 Å². The fourth-order valence-electron chi connectivity index (χ4n) is 3.46. The Morgan fingerprint density at radius 1 is 1.13 bits per heavy atom. The number of hydrogen-bond donors (Lipinski definition) is 0. The van der Waals surface area contributed by atoms with Crippen molar-refractivity contribution >= 4 is 11.6 Å². The van der Waals surface area contributed by atoms with Crippen LogP contribution in [0.5, 0.6) is 5.75 Å². The number of carbonyl (C=O) groups excluding carboxylic acids is 1. The molecule has 4 rings (SSSR count). The largest absolute Gasteiger partial charge is 0.494 e. The number of likely N-dealkylation sites (N-methyl/N-ethyl adjacent to an activating group) is 1. The number of carbonyl (C=O) groups is 1. The predicted octanol–water partition coefficient (Wildman–Crippen LogP) is 3.95. The third-order valence-corrected chi connectivity index (χ3v) is 4.94. The lowest BCUT2D eigenvalue weighted by molar-refractivity contribution is -0.134. The molecule has 7 nitrogen and oxygen atoms in total. The van der Waals surface area contributed by atoms with Crippen LogP contribution >= 0.6 is 0 Å². The maximum Gasteiger partial charge on any atom is 0.257 e. The number of furan rings is 2. The molecule has 2 aromatic heterocycles. The second-order valence-corrected chi connectivity index (χ2v) is 7.25. The summed E-state index contributed by atoms with van der Waals surface area (Å²) in [6, 6.07) is 16.8. The summed E-state index contributed by atoms with van der Waals surface area (Å²) in [6.07, 6.45) is 4.60. The van der Waals surface area contributed by atoms with Crippen molar-refractivity contribution in [1.82, 2.24) is 9.91 Å². The zero-order chi connectivity index (χ0) is 20.8. The fourth-order valence-corrected chi connectivity index (χ4v) is 3.46. The normalized spacial score (nSPS) is 16.1. The van der Waals surface area contributed by atoms with Gasteiger partial charge in [0.05, 0.1) is 25.7 Å². The molecule has 0 N–H and O–H groups in total. The molecule has 0 saturated carbocycles. The van der Waals surface area contributed by atoms with E-state index in [1.807, 2.05) is 66.5 Å². The molecule has 156 valence electrons. The van der Waals surface area contributed by atoms with Gasteiger partial charge in [-0.25, -0.2) is 5.01 Å². The highest BCUT2D eigenvalue weighted by Gasteiger charge is 2.35. The van der Waals surface area contributed by atoms with Gasteiger partial charge in [0.25, 0.3) is 5.91 Å². The van der Waals surface area contributed by atoms with E-state index < -0.39 is 0 Å². The molecular formula is C23H25N3O4. The third-order valence-electron chi connectivity index (χ3n) is 4.94. The Morgan fingerprint density at radius 3 is 2.67 bits per heavy atom. The van der Waals surface area contributed by atoms with Crippen LogP contribution < -0.4 is 4.74 Å². The van der Waals surface area contributed by atoms with Gasteiger partial charge in [-0.2, -0.15) is 5.10 Å². The number of amides is 1. The highest BCUT2D eigenvalue weighted by Crippen LogP contribution is 2.33. The number of hydrazone groups is 1. The second kappa shape index (κ2) is 9.45. The zero-order valence-electron chi connectivity index (χ0n) is 16.9. The third kappa shape index (κ3) is 4.80. The monoisotopic (exact) mass is 407 g/mol. The molecule has 1 aromatic carbocycles. The maximum atomic E-state index is 13.0. The van der Waals surface area contributed by atoms with Gasteiger partial charge in [0.1, 0.15) is 29.0 Å². The van der Waals surface area contributed by atoms with Gasteiger partial charge in [-0.15, -0.1) is 0 Å². The highest BCUT2D eigenvalue weighted by molar-refractivity contribution is 6.01. The lowest BCUT2D eigenvalue weighted by atomic mass is 10.1. The van der Waals surface area contributed by atoms with E-state index in [2.05, 4.69) is 5.10 Å². The van der Waals surface area contributed by atoms with E-state index in [1.54, 1.807) is 12.5 Å². The lowest BCUT2D eigenvalue weighted by Crippen LogP contribution is -2.37. The average Bonchev–Trinajstić information content (AvgIpc) is 3.52. The summed E-state index contributed by atoms with van der Waals surface area (Å²) in [5, 5.41) is 6.07. The first-order chi connectivity index (χ1) is 14.7. The number of ether oxygens (including phenoxy) is 1. The molecule has 0 fully saturated rings. The SMILES string of the molecule is CN(CCCOc1ccccc1)CC(=O)N1N=C(c2ccco2)CC1c1ccco1. The summed E-state index contributed by atoms with van der Waals surface area (Å²) in [4.78, 5) is 15.0. The minimum absolute atomic E-state index is 0.0792. The van der Waals surface area contributed by atoms with Crippen LogP contribution in [-0.2, 0) is 4.79 Å².